The van der Waals surface area contributed by atoms with Crippen LogP contribution in [-0.2, 0) is 34.8 Å². The molecule has 0 spiro atoms. The highest BCUT2D eigenvalue weighted by atomic mass is 19.2. The van der Waals surface area contributed by atoms with Crippen LogP contribution < -0.4 is 14.2 Å². The zero-order valence-electron chi connectivity index (χ0n) is 40.3. The van der Waals surface area contributed by atoms with Crippen LogP contribution in [0.4, 0.5) is 8.63 Å². The molecule has 0 aliphatic carbocycles. The molecule has 0 unspecified atom stereocenters. The minimum absolute atomic E-state index is 0.119. The van der Waals surface area contributed by atoms with Gasteiger partial charge in [-0.2, -0.15) is 0 Å². The summed E-state index contributed by atoms with van der Waals surface area (Å²) in [7, 11) is 3.27. The lowest BCUT2D eigenvalue weighted by molar-refractivity contribution is -0.362. The molecule has 68 heavy (non-hydrogen) atoms. The summed E-state index contributed by atoms with van der Waals surface area (Å²) < 4.78 is 88.4. The van der Waals surface area contributed by atoms with Crippen LogP contribution in [0.3, 0.4) is 0 Å². The van der Waals surface area contributed by atoms with Crippen LogP contribution in [0.1, 0.15) is 66.4 Å². The molecular formula is C54H65BF2N2O9. The van der Waals surface area contributed by atoms with Crippen molar-refractivity contribution in [1.82, 2.24) is 4.48 Å². The van der Waals surface area contributed by atoms with Crippen molar-refractivity contribution in [3.05, 3.63) is 135 Å². The molecule has 3 aromatic carbocycles. The highest BCUT2D eigenvalue weighted by molar-refractivity contribution is 6.59. The lowest BCUT2D eigenvalue weighted by atomic mass is 9.83. The fourth-order valence-electron chi connectivity index (χ4n) is 8.49. The first-order valence-corrected chi connectivity index (χ1v) is 23.3. The van der Waals surface area contributed by atoms with E-state index in [1.165, 1.54) is 8.96 Å². The number of allylic oxidation sites excluding steroid dienone is 3. The number of hydrogen-bond acceptors (Lipinski definition) is 9. The summed E-state index contributed by atoms with van der Waals surface area (Å²) in [5.74, 6) is 4.47. The Hall–Kier alpha value is -5.79. The van der Waals surface area contributed by atoms with Gasteiger partial charge < -0.3 is 60.2 Å². The highest BCUT2D eigenvalue weighted by Gasteiger charge is 2.57. The molecule has 0 N–H and O–H groups in total. The third-order valence-electron chi connectivity index (χ3n) is 11.7. The SMILES string of the molecule is C#CCOc1ccc(C2=C3C(C)=C(CC)C(/C=C/c4ccc(OCCOCCOCCOC)cc4)=[N+]3[B-](F)(F)n3c(/C=C/c4ccc(OCCOCCOCCOC)cc4)c(CC)c(C)c32)cc1. The monoisotopic (exact) mass is 934 g/mol. The molecule has 0 atom stereocenters. The maximum absolute atomic E-state index is 18.1. The molecular weight excluding hydrogens is 869 g/mol. The Morgan fingerprint density at radius 2 is 1.07 bits per heavy atom. The zero-order chi connectivity index (χ0) is 48.3. The van der Waals surface area contributed by atoms with Crippen LogP contribution >= 0.6 is 0 Å². The largest absolute Gasteiger partial charge is 0.737 e. The molecule has 0 bridgehead atoms. The van der Waals surface area contributed by atoms with Crippen molar-refractivity contribution in [3.63, 3.8) is 0 Å². The van der Waals surface area contributed by atoms with Gasteiger partial charge in [0.15, 0.2) is 11.4 Å². The molecule has 2 aliphatic rings. The van der Waals surface area contributed by atoms with E-state index in [2.05, 4.69) is 5.92 Å². The summed E-state index contributed by atoms with van der Waals surface area (Å²) in [5.41, 5.74) is 8.45. The van der Waals surface area contributed by atoms with Crippen molar-refractivity contribution < 1.29 is 55.7 Å². The Labute approximate surface area is 400 Å². The van der Waals surface area contributed by atoms with Crippen molar-refractivity contribution in [2.24, 2.45) is 0 Å². The molecule has 14 heteroatoms. The normalized spacial score (nSPS) is 14.3. The first-order chi connectivity index (χ1) is 33.2. The van der Waals surface area contributed by atoms with E-state index < -0.39 is 6.97 Å². The minimum atomic E-state index is -4.43. The van der Waals surface area contributed by atoms with Gasteiger partial charge in [-0.05, 0) is 103 Å². The second-order valence-electron chi connectivity index (χ2n) is 16.0. The van der Waals surface area contributed by atoms with Crippen molar-refractivity contribution in [1.29, 1.82) is 0 Å². The van der Waals surface area contributed by atoms with Gasteiger partial charge in [0.05, 0.1) is 71.6 Å². The van der Waals surface area contributed by atoms with Crippen LogP contribution in [0, 0.1) is 19.3 Å². The number of ether oxygens (including phenoxy) is 9. The third-order valence-corrected chi connectivity index (χ3v) is 11.7. The van der Waals surface area contributed by atoms with Crippen molar-refractivity contribution in [2.75, 3.05) is 100 Å². The van der Waals surface area contributed by atoms with E-state index in [0.717, 1.165) is 44.5 Å². The van der Waals surface area contributed by atoms with Gasteiger partial charge in [-0.1, -0.05) is 62.2 Å². The molecule has 0 saturated carbocycles. The minimum Gasteiger partial charge on any atom is -0.491 e. The van der Waals surface area contributed by atoms with E-state index in [1.54, 1.807) is 14.2 Å². The van der Waals surface area contributed by atoms with E-state index in [-0.39, 0.29) is 6.61 Å². The Balaban J connectivity index is 1.30. The molecule has 0 fully saturated rings. The van der Waals surface area contributed by atoms with Crippen LogP contribution in [0.2, 0.25) is 0 Å². The lowest BCUT2D eigenvalue weighted by Gasteiger charge is -2.34. The van der Waals surface area contributed by atoms with Crippen LogP contribution in [0.15, 0.2) is 95.7 Å². The molecule has 0 radical (unpaired) electrons. The maximum Gasteiger partial charge on any atom is 0.737 e. The van der Waals surface area contributed by atoms with Crippen LogP contribution in [0.25, 0.3) is 23.8 Å². The fourth-order valence-corrected chi connectivity index (χ4v) is 8.49. The zero-order valence-corrected chi connectivity index (χ0v) is 40.3. The average molecular weight is 935 g/mol. The van der Waals surface area contributed by atoms with Gasteiger partial charge in [0, 0.05) is 42.8 Å². The number of hydrogen-bond donors (Lipinski definition) is 0. The average Bonchev–Trinajstić information content (AvgIpc) is 3.81. The number of fused-ring (bicyclic) bond motifs is 2. The second kappa shape index (κ2) is 26.1. The van der Waals surface area contributed by atoms with E-state index in [9.17, 15) is 0 Å². The highest BCUT2D eigenvalue weighted by Crippen LogP contribution is 2.48. The first-order valence-electron chi connectivity index (χ1n) is 23.3. The van der Waals surface area contributed by atoms with Crippen molar-refractivity contribution >= 4 is 36.5 Å². The van der Waals surface area contributed by atoms with E-state index in [0.29, 0.717) is 132 Å². The van der Waals surface area contributed by atoms with Crippen LogP contribution in [-0.4, -0.2) is 122 Å². The molecule has 4 aromatic rings. The fraction of sp³-hybridized carbons (Fsp3) is 0.389. The topological polar surface area (TPSA) is 91.0 Å². The molecule has 2 aliphatic heterocycles. The summed E-state index contributed by atoms with van der Waals surface area (Å²) in [4.78, 5) is 0. The van der Waals surface area contributed by atoms with E-state index in [4.69, 9.17) is 49.1 Å². The Kier molecular flexibility index (Phi) is 19.8. The standard InChI is InChI=1S/C54H65BF2N2O9/c1-8-27-66-47-23-17-44(18-24-47)52-53-40(4)48(9-2)50(25-15-42-11-19-45(20-12-42)67-38-36-64-34-32-62-30-28-60-6)58(53)55(56,57)59-51(49(10-3)41(5)54(52)59)26-16-43-13-21-46(22-14-43)68-39-37-65-35-33-63-31-29-61-7/h1,11-26H,9-10,27-39H2,2-7H3/b25-15+,26-16+. The molecule has 0 saturated heterocycles. The smallest absolute Gasteiger partial charge is 0.491 e. The quantitative estimate of drug-likeness (QED) is 0.0300. The van der Waals surface area contributed by atoms with E-state index in [1.807, 2.05) is 125 Å². The predicted octanol–water partition coefficient (Wildman–Crippen LogP) is 9.56. The Morgan fingerprint density at radius 3 is 1.56 bits per heavy atom. The number of benzene rings is 3. The Bertz CT molecular complexity index is 2470. The van der Waals surface area contributed by atoms with Crippen molar-refractivity contribution in [2.45, 2.75) is 40.5 Å². The molecule has 11 nitrogen and oxygen atoms in total. The number of aromatic nitrogens is 1. The van der Waals surface area contributed by atoms with Gasteiger partial charge in [-0.15, -0.1) is 6.42 Å². The lowest BCUT2D eigenvalue weighted by Crippen LogP contribution is -2.51. The number of nitrogens with zero attached hydrogens (tertiary/aromatic N) is 2. The summed E-state index contributed by atoms with van der Waals surface area (Å²) in [5, 5.41) is 0. The van der Waals surface area contributed by atoms with Gasteiger partial charge in [-0.3, -0.25) is 0 Å². The summed E-state index contributed by atoms with van der Waals surface area (Å²) >= 11 is 0. The second-order valence-corrected chi connectivity index (χ2v) is 16.0. The number of halogens is 2. The summed E-state index contributed by atoms with van der Waals surface area (Å²) in [6.07, 6.45) is 14.0. The summed E-state index contributed by atoms with van der Waals surface area (Å²) in [6, 6.07) is 22.7. The van der Waals surface area contributed by atoms with Crippen molar-refractivity contribution in [3.8, 4) is 29.6 Å². The van der Waals surface area contributed by atoms with Crippen LogP contribution in [0.5, 0.6) is 17.2 Å². The molecule has 0 amide bonds. The predicted molar refractivity (Wildman–Crippen MR) is 266 cm³/mol. The van der Waals surface area contributed by atoms with Gasteiger partial charge in [0.25, 0.3) is 0 Å². The van der Waals surface area contributed by atoms with Gasteiger partial charge in [0.2, 0.25) is 0 Å². The first kappa shape index (κ1) is 51.6. The van der Waals surface area contributed by atoms with Gasteiger partial charge >= 0.3 is 6.97 Å². The molecule has 362 valence electrons. The maximum atomic E-state index is 18.1. The van der Waals surface area contributed by atoms with Gasteiger partial charge in [0.1, 0.15) is 37.1 Å². The van der Waals surface area contributed by atoms with E-state index >= 15 is 8.63 Å². The van der Waals surface area contributed by atoms with Gasteiger partial charge in [-0.25, -0.2) is 0 Å². The third kappa shape index (κ3) is 12.8. The number of methoxy groups -OCH3 is 2. The molecule has 3 heterocycles. The molecule has 6 rings (SSSR count). The molecule has 1 aromatic heterocycles. The summed E-state index contributed by atoms with van der Waals surface area (Å²) in [6.45, 7) is 9.26. The Morgan fingerprint density at radius 1 is 0.603 bits per heavy atom. The number of rotatable bonds is 29. The number of terminal acetylenes is 1.